The van der Waals surface area contributed by atoms with E-state index in [9.17, 15) is 0 Å². The first-order valence-electron chi connectivity index (χ1n) is 5.29. The molecule has 1 rings (SSSR count). The number of hydrogen-bond donors (Lipinski definition) is 1. The predicted molar refractivity (Wildman–Crippen MR) is 58.6 cm³/mol. The fraction of sp³-hybridized carbons (Fsp3) is 0.700. The minimum absolute atomic E-state index is 0.0471. The van der Waals surface area contributed by atoms with Gasteiger partial charge in [-0.25, -0.2) is 0 Å². The molecule has 5 heteroatoms. The summed E-state index contributed by atoms with van der Waals surface area (Å²) in [7, 11) is 0. The van der Waals surface area contributed by atoms with Crippen LogP contribution in [0.15, 0.2) is 0 Å². The van der Waals surface area contributed by atoms with Crippen LogP contribution in [0.4, 0.5) is 5.95 Å². The van der Waals surface area contributed by atoms with Gasteiger partial charge in [-0.3, -0.25) is 0 Å². The topological polar surface area (TPSA) is 73.9 Å². The van der Waals surface area contributed by atoms with Crippen LogP contribution in [-0.4, -0.2) is 21.1 Å². The Hall–Kier alpha value is -1.39. The number of anilines is 1. The van der Waals surface area contributed by atoms with Crippen LogP contribution < -0.4 is 10.5 Å². The van der Waals surface area contributed by atoms with Gasteiger partial charge in [-0.1, -0.05) is 13.3 Å². The highest BCUT2D eigenvalue weighted by molar-refractivity contribution is 5.18. The molecule has 1 heterocycles. The normalized spacial score (nSPS) is 10.7. The van der Waals surface area contributed by atoms with E-state index in [1.54, 1.807) is 0 Å². The zero-order chi connectivity index (χ0) is 11.3. The second kappa shape index (κ2) is 5.48. The average Bonchev–Trinajstić information content (AvgIpc) is 2.12. The summed E-state index contributed by atoms with van der Waals surface area (Å²) in [6.07, 6.45) is 3.01. The van der Waals surface area contributed by atoms with Gasteiger partial charge in [0.25, 0.3) is 0 Å². The third kappa shape index (κ3) is 4.10. The van der Waals surface area contributed by atoms with Gasteiger partial charge in [0.1, 0.15) is 5.82 Å². The Morgan fingerprint density at radius 1 is 1.27 bits per heavy atom. The molecule has 0 unspecified atom stereocenters. The van der Waals surface area contributed by atoms with Crippen molar-refractivity contribution in [2.45, 2.75) is 46.1 Å². The standard InChI is InChI=1S/C10H18N4O/c1-4-5-6-8-12-9(11)14-10(13-8)15-7(2)3/h7H,4-6H2,1-3H3,(H2,11,12,13,14). The molecule has 0 radical (unpaired) electrons. The van der Waals surface area contributed by atoms with Crippen LogP contribution in [0.3, 0.4) is 0 Å². The lowest BCUT2D eigenvalue weighted by molar-refractivity contribution is 0.221. The SMILES string of the molecule is CCCCc1nc(N)nc(OC(C)C)n1. The van der Waals surface area contributed by atoms with Gasteiger partial charge in [-0.05, 0) is 20.3 Å². The Kier molecular flexibility index (Phi) is 4.27. The van der Waals surface area contributed by atoms with Crippen molar-refractivity contribution < 1.29 is 4.74 Å². The summed E-state index contributed by atoms with van der Waals surface area (Å²) in [6, 6.07) is 0.323. The number of nitrogen functional groups attached to an aromatic ring is 1. The Balaban J connectivity index is 2.75. The average molecular weight is 210 g/mol. The summed E-state index contributed by atoms with van der Waals surface area (Å²) in [6.45, 7) is 5.97. The fourth-order valence-corrected chi connectivity index (χ4v) is 1.13. The number of ether oxygens (including phenoxy) is 1. The number of aromatic nitrogens is 3. The van der Waals surface area contributed by atoms with E-state index in [0.29, 0.717) is 11.8 Å². The lowest BCUT2D eigenvalue weighted by Crippen LogP contribution is -2.12. The fourth-order valence-electron chi connectivity index (χ4n) is 1.13. The number of nitrogens with zero attached hydrogens (tertiary/aromatic N) is 3. The Morgan fingerprint density at radius 3 is 2.60 bits per heavy atom. The maximum atomic E-state index is 5.56. The molecular formula is C10H18N4O. The van der Waals surface area contributed by atoms with E-state index < -0.39 is 0 Å². The molecule has 0 spiro atoms. The molecule has 15 heavy (non-hydrogen) atoms. The second-order valence-electron chi connectivity index (χ2n) is 3.66. The number of unbranched alkanes of at least 4 members (excludes halogenated alkanes) is 1. The highest BCUT2D eigenvalue weighted by Gasteiger charge is 2.06. The highest BCUT2D eigenvalue weighted by Crippen LogP contribution is 2.09. The predicted octanol–water partition coefficient (Wildman–Crippen LogP) is 1.58. The Morgan fingerprint density at radius 2 is 2.00 bits per heavy atom. The molecule has 0 aliphatic heterocycles. The van der Waals surface area contributed by atoms with Gasteiger partial charge in [0.05, 0.1) is 6.10 Å². The minimum atomic E-state index is 0.0471. The molecule has 0 fully saturated rings. The van der Waals surface area contributed by atoms with Crippen molar-refractivity contribution in [3.05, 3.63) is 5.82 Å². The van der Waals surface area contributed by atoms with E-state index in [0.717, 1.165) is 19.3 Å². The summed E-state index contributed by atoms with van der Waals surface area (Å²) in [5.41, 5.74) is 5.56. The van der Waals surface area contributed by atoms with Crippen LogP contribution in [0.2, 0.25) is 0 Å². The molecule has 1 aromatic rings. The molecule has 0 amide bonds. The van der Waals surface area contributed by atoms with Crippen molar-refractivity contribution >= 4 is 5.95 Å². The quantitative estimate of drug-likeness (QED) is 0.798. The van der Waals surface area contributed by atoms with Crippen molar-refractivity contribution in [2.75, 3.05) is 5.73 Å². The van der Waals surface area contributed by atoms with Gasteiger partial charge in [0.2, 0.25) is 5.95 Å². The number of aryl methyl sites for hydroxylation is 1. The van der Waals surface area contributed by atoms with E-state index in [2.05, 4.69) is 21.9 Å². The van der Waals surface area contributed by atoms with Gasteiger partial charge in [-0.15, -0.1) is 0 Å². The second-order valence-corrected chi connectivity index (χ2v) is 3.66. The van der Waals surface area contributed by atoms with E-state index in [1.807, 2.05) is 13.8 Å². The van der Waals surface area contributed by atoms with Gasteiger partial charge in [0.15, 0.2) is 0 Å². The molecule has 5 nitrogen and oxygen atoms in total. The van der Waals surface area contributed by atoms with E-state index in [1.165, 1.54) is 0 Å². The summed E-state index contributed by atoms with van der Waals surface area (Å²) in [4.78, 5) is 12.2. The van der Waals surface area contributed by atoms with Crippen LogP contribution in [0.25, 0.3) is 0 Å². The molecule has 0 bridgehead atoms. The highest BCUT2D eigenvalue weighted by atomic mass is 16.5. The lowest BCUT2D eigenvalue weighted by atomic mass is 10.2. The first-order chi connectivity index (χ1) is 7.11. The first kappa shape index (κ1) is 11.7. The summed E-state index contributed by atoms with van der Waals surface area (Å²) >= 11 is 0. The summed E-state index contributed by atoms with van der Waals surface area (Å²) < 4.78 is 5.37. The molecule has 0 saturated heterocycles. The van der Waals surface area contributed by atoms with Gasteiger partial charge in [0, 0.05) is 6.42 Å². The van der Waals surface area contributed by atoms with Crippen molar-refractivity contribution in [3.8, 4) is 6.01 Å². The molecule has 0 aromatic carbocycles. The summed E-state index contributed by atoms with van der Waals surface area (Å²) in [5.74, 6) is 0.937. The Labute approximate surface area is 90.1 Å². The lowest BCUT2D eigenvalue weighted by Gasteiger charge is -2.08. The van der Waals surface area contributed by atoms with Crippen molar-refractivity contribution in [2.24, 2.45) is 0 Å². The molecule has 0 atom stereocenters. The van der Waals surface area contributed by atoms with Crippen molar-refractivity contribution in [3.63, 3.8) is 0 Å². The Bertz CT molecular complexity index is 314. The zero-order valence-corrected chi connectivity index (χ0v) is 9.53. The largest absolute Gasteiger partial charge is 0.461 e. The molecule has 0 aliphatic carbocycles. The van der Waals surface area contributed by atoms with Crippen molar-refractivity contribution in [1.82, 2.24) is 15.0 Å². The van der Waals surface area contributed by atoms with Gasteiger partial charge in [-0.2, -0.15) is 15.0 Å². The maximum Gasteiger partial charge on any atom is 0.321 e. The van der Waals surface area contributed by atoms with Gasteiger partial charge < -0.3 is 10.5 Å². The monoisotopic (exact) mass is 210 g/mol. The van der Waals surface area contributed by atoms with Gasteiger partial charge >= 0.3 is 6.01 Å². The van der Waals surface area contributed by atoms with E-state index >= 15 is 0 Å². The van der Waals surface area contributed by atoms with Crippen LogP contribution in [-0.2, 0) is 6.42 Å². The molecule has 2 N–H and O–H groups in total. The van der Waals surface area contributed by atoms with Crippen LogP contribution in [0, 0.1) is 0 Å². The van der Waals surface area contributed by atoms with E-state index in [4.69, 9.17) is 10.5 Å². The number of nitrogens with two attached hydrogens (primary N) is 1. The zero-order valence-electron chi connectivity index (χ0n) is 9.53. The van der Waals surface area contributed by atoms with Crippen LogP contribution >= 0.6 is 0 Å². The van der Waals surface area contributed by atoms with Crippen molar-refractivity contribution in [1.29, 1.82) is 0 Å². The smallest absolute Gasteiger partial charge is 0.321 e. The van der Waals surface area contributed by atoms with Crippen LogP contribution in [0.5, 0.6) is 6.01 Å². The third-order valence-electron chi connectivity index (χ3n) is 1.77. The third-order valence-corrected chi connectivity index (χ3v) is 1.77. The molecular weight excluding hydrogens is 192 g/mol. The molecule has 0 saturated carbocycles. The van der Waals surface area contributed by atoms with Crippen LogP contribution in [0.1, 0.15) is 39.4 Å². The molecule has 84 valence electrons. The molecule has 1 aromatic heterocycles. The molecule has 0 aliphatic rings. The first-order valence-corrected chi connectivity index (χ1v) is 5.29. The maximum absolute atomic E-state index is 5.56. The van der Waals surface area contributed by atoms with E-state index in [-0.39, 0.29) is 12.1 Å². The summed E-state index contributed by atoms with van der Waals surface area (Å²) in [5, 5.41) is 0. The minimum Gasteiger partial charge on any atom is -0.461 e. The number of rotatable bonds is 5. The number of hydrogen-bond acceptors (Lipinski definition) is 5.